The zero-order valence-electron chi connectivity index (χ0n) is 5.40. The summed E-state index contributed by atoms with van der Waals surface area (Å²) in [6.07, 6.45) is 0. The van der Waals surface area contributed by atoms with Gasteiger partial charge in [-0.3, -0.25) is 0 Å². The summed E-state index contributed by atoms with van der Waals surface area (Å²) in [5.41, 5.74) is -0.0762. The summed E-state index contributed by atoms with van der Waals surface area (Å²) >= 11 is 1.56. The van der Waals surface area contributed by atoms with E-state index in [0.717, 1.165) is 5.75 Å². The molecule has 0 aromatic carbocycles. The smallest absolute Gasteiger partial charge is 0.171 e. The van der Waals surface area contributed by atoms with Crippen LogP contribution in [-0.2, 0) is 4.84 Å². The molecule has 0 saturated heterocycles. The van der Waals surface area contributed by atoms with Crippen molar-refractivity contribution in [3.8, 4) is 0 Å². The van der Waals surface area contributed by atoms with E-state index in [0.29, 0.717) is 0 Å². The summed E-state index contributed by atoms with van der Waals surface area (Å²) in [7, 11) is 0. The highest BCUT2D eigenvalue weighted by atomic mass is 32.2. The molecule has 0 amide bonds. The summed E-state index contributed by atoms with van der Waals surface area (Å²) in [4.78, 5) is 4.54. The SMILES string of the molecule is CCSC(C)O/N=N\[O-]. The Hall–Kier alpha value is -0.450. The van der Waals surface area contributed by atoms with E-state index in [4.69, 9.17) is 0 Å². The molecule has 0 aromatic rings. The van der Waals surface area contributed by atoms with Gasteiger partial charge in [-0.2, -0.15) is 5.28 Å². The standard InChI is InChI=1S/C4H10N2O2S/c1-3-9-4(2)8-6-5-7/h4H,3H2,1-2H3,(H,6,7)/p-1. The molecule has 0 aliphatic rings. The van der Waals surface area contributed by atoms with Crippen molar-refractivity contribution >= 4 is 11.8 Å². The number of rotatable bonds is 4. The van der Waals surface area contributed by atoms with Crippen LogP contribution in [0.4, 0.5) is 0 Å². The fourth-order valence-electron chi connectivity index (χ4n) is 0.351. The summed E-state index contributed by atoms with van der Waals surface area (Å²) in [6.45, 7) is 3.81. The van der Waals surface area contributed by atoms with E-state index in [9.17, 15) is 5.21 Å². The van der Waals surface area contributed by atoms with Gasteiger partial charge in [0.2, 0.25) is 0 Å². The van der Waals surface area contributed by atoms with Gasteiger partial charge in [-0.15, -0.1) is 11.8 Å². The third-order valence-corrected chi connectivity index (χ3v) is 1.52. The highest BCUT2D eigenvalue weighted by Crippen LogP contribution is 2.10. The normalized spacial score (nSPS) is 14.0. The fraction of sp³-hybridized carbons (Fsp3) is 1.00. The molecule has 1 unspecified atom stereocenters. The van der Waals surface area contributed by atoms with E-state index in [-0.39, 0.29) is 5.44 Å². The van der Waals surface area contributed by atoms with Crippen molar-refractivity contribution in [3.05, 3.63) is 5.21 Å². The van der Waals surface area contributed by atoms with Crippen LogP contribution in [0.25, 0.3) is 0 Å². The summed E-state index contributed by atoms with van der Waals surface area (Å²) in [5.74, 6) is 0.940. The first-order chi connectivity index (χ1) is 4.31. The highest BCUT2D eigenvalue weighted by molar-refractivity contribution is 7.99. The van der Waals surface area contributed by atoms with Gasteiger partial charge in [0.25, 0.3) is 0 Å². The molecule has 0 N–H and O–H groups in total. The van der Waals surface area contributed by atoms with Crippen molar-refractivity contribution in [2.45, 2.75) is 19.3 Å². The van der Waals surface area contributed by atoms with Gasteiger partial charge in [0, 0.05) is 5.28 Å². The molecule has 0 aromatic heterocycles. The van der Waals surface area contributed by atoms with Crippen molar-refractivity contribution in [1.82, 2.24) is 0 Å². The van der Waals surface area contributed by atoms with Gasteiger partial charge in [0.1, 0.15) is 0 Å². The third kappa shape index (κ3) is 5.42. The number of thioether (sulfide) groups is 1. The second-order valence-corrected chi connectivity index (χ2v) is 2.87. The Kier molecular flexibility index (Phi) is 5.40. The van der Waals surface area contributed by atoms with Crippen LogP contribution in [0, 0.1) is 5.21 Å². The molecule has 0 radical (unpaired) electrons. The topological polar surface area (TPSA) is 57.0 Å². The lowest BCUT2D eigenvalue weighted by Crippen LogP contribution is -1.96. The van der Waals surface area contributed by atoms with Crippen LogP contribution in [0.2, 0.25) is 0 Å². The highest BCUT2D eigenvalue weighted by Gasteiger charge is 1.97. The second kappa shape index (κ2) is 5.68. The Morgan fingerprint density at radius 2 is 2.44 bits per heavy atom. The molecular weight excluding hydrogens is 140 g/mol. The van der Waals surface area contributed by atoms with Gasteiger partial charge in [-0.1, -0.05) is 6.92 Å². The van der Waals surface area contributed by atoms with Crippen LogP contribution in [-0.4, -0.2) is 11.2 Å². The van der Waals surface area contributed by atoms with E-state index in [1.165, 1.54) is 0 Å². The lowest BCUT2D eigenvalue weighted by atomic mass is 10.9. The Morgan fingerprint density at radius 3 is 2.89 bits per heavy atom. The van der Waals surface area contributed by atoms with Crippen molar-refractivity contribution < 1.29 is 4.84 Å². The molecule has 0 spiro atoms. The van der Waals surface area contributed by atoms with E-state index in [1.54, 1.807) is 11.8 Å². The average molecular weight is 149 g/mol. The van der Waals surface area contributed by atoms with Crippen LogP contribution < -0.4 is 0 Å². The molecule has 1 atom stereocenters. The maximum atomic E-state index is 9.36. The molecule has 0 saturated carbocycles. The predicted molar refractivity (Wildman–Crippen MR) is 36.9 cm³/mol. The van der Waals surface area contributed by atoms with Gasteiger partial charge in [0.05, 0.1) is 0 Å². The molecule has 0 bridgehead atoms. The van der Waals surface area contributed by atoms with Crippen molar-refractivity contribution in [2.75, 3.05) is 5.75 Å². The minimum absolute atomic E-state index is 0.0762. The summed E-state index contributed by atoms with van der Waals surface area (Å²) in [5, 5.41) is 14.4. The molecule has 0 fully saturated rings. The molecule has 4 nitrogen and oxygen atoms in total. The minimum Gasteiger partial charge on any atom is -0.773 e. The quantitative estimate of drug-likeness (QED) is 0.349. The van der Waals surface area contributed by atoms with E-state index in [2.05, 4.69) is 15.4 Å². The number of hydrogen-bond donors (Lipinski definition) is 0. The van der Waals surface area contributed by atoms with Crippen LogP contribution in [0.1, 0.15) is 13.8 Å². The van der Waals surface area contributed by atoms with Crippen LogP contribution in [0.5, 0.6) is 0 Å². The second-order valence-electron chi connectivity index (χ2n) is 1.29. The lowest BCUT2D eigenvalue weighted by molar-refractivity contribution is 0.115. The monoisotopic (exact) mass is 149 g/mol. The minimum atomic E-state index is -0.0762. The van der Waals surface area contributed by atoms with Gasteiger partial charge >= 0.3 is 0 Å². The van der Waals surface area contributed by atoms with Crippen molar-refractivity contribution in [2.24, 2.45) is 10.6 Å². The van der Waals surface area contributed by atoms with Gasteiger partial charge in [0.15, 0.2) is 5.44 Å². The Labute approximate surface area is 58.2 Å². The molecule has 9 heavy (non-hydrogen) atoms. The molecule has 0 aliphatic carbocycles. The van der Waals surface area contributed by atoms with Crippen LogP contribution >= 0.6 is 11.8 Å². The maximum absolute atomic E-state index is 9.36. The molecule has 0 aliphatic heterocycles. The largest absolute Gasteiger partial charge is 0.773 e. The molecular formula is C4H9N2O2S-. The number of hydrogen-bond acceptors (Lipinski definition) is 5. The third-order valence-electron chi connectivity index (χ3n) is 0.630. The van der Waals surface area contributed by atoms with E-state index < -0.39 is 0 Å². The first-order valence-electron chi connectivity index (χ1n) is 2.61. The Bertz CT molecular complexity index is 88.6. The molecule has 0 rings (SSSR count). The van der Waals surface area contributed by atoms with Crippen LogP contribution in [0.3, 0.4) is 0 Å². The van der Waals surface area contributed by atoms with Gasteiger partial charge < -0.3 is 10.0 Å². The first-order valence-corrected chi connectivity index (χ1v) is 3.66. The predicted octanol–water partition coefficient (Wildman–Crippen LogP) is 1.97. The summed E-state index contributed by atoms with van der Waals surface area (Å²) < 4.78 is 0. The van der Waals surface area contributed by atoms with Gasteiger partial charge in [-0.25, -0.2) is 0 Å². The molecule has 5 heteroatoms. The average Bonchev–Trinajstić information content (AvgIpc) is 1.85. The van der Waals surface area contributed by atoms with Crippen molar-refractivity contribution in [1.29, 1.82) is 0 Å². The molecule has 0 heterocycles. The molecule has 54 valence electrons. The maximum Gasteiger partial charge on any atom is 0.171 e. The Balaban J connectivity index is 3.15. The fourth-order valence-corrected chi connectivity index (χ4v) is 0.920. The zero-order chi connectivity index (χ0) is 7.11. The van der Waals surface area contributed by atoms with Crippen LogP contribution in [0.15, 0.2) is 10.6 Å². The van der Waals surface area contributed by atoms with Crippen molar-refractivity contribution in [3.63, 3.8) is 0 Å². The van der Waals surface area contributed by atoms with E-state index >= 15 is 0 Å². The Morgan fingerprint density at radius 1 is 1.78 bits per heavy atom. The van der Waals surface area contributed by atoms with E-state index in [1.807, 2.05) is 13.8 Å². The first kappa shape index (κ1) is 8.55. The lowest BCUT2D eigenvalue weighted by Gasteiger charge is -2.05. The van der Waals surface area contributed by atoms with Gasteiger partial charge in [-0.05, 0) is 12.7 Å². The zero-order valence-corrected chi connectivity index (χ0v) is 6.22. The summed E-state index contributed by atoms with van der Waals surface area (Å²) in [6, 6.07) is 0. The number of nitrogens with zero attached hydrogens (tertiary/aromatic N) is 2.